The van der Waals surface area contributed by atoms with E-state index in [9.17, 15) is 9.59 Å². The molecule has 21 heavy (non-hydrogen) atoms. The normalized spacial score (nSPS) is 26.6. The van der Waals surface area contributed by atoms with Crippen molar-refractivity contribution < 1.29 is 9.59 Å². The first-order valence-electron chi connectivity index (χ1n) is 7.60. The molecule has 0 radical (unpaired) electrons. The van der Waals surface area contributed by atoms with Crippen LogP contribution >= 0.6 is 11.3 Å². The first-order valence-corrected chi connectivity index (χ1v) is 8.48. The van der Waals surface area contributed by atoms with Gasteiger partial charge in [-0.25, -0.2) is 9.69 Å². The zero-order chi connectivity index (χ0) is 14.8. The number of carbonyl (C=O) groups excluding carboxylic acids is 2. The van der Waals surface area contributed by atoms with E-state index in [1.54, 1.807) is 11.3 Å². The molecule has 1 aromatic rings. The van der Waals surface area contributed by atoms with Gasteiger partial charge in [0.2, 0.25) is 0 Å². The van der Waals surface area contributed by atoms with Gasteiger partial charge in [0.25, 0.3) is 5.91 Å². The third-order valence-electron chi connectivity index (χ3n) is 4.24. The molecule has 0 bridgehead atoms. The maximum atomic E-state index is 12.3. The molecule has 1 aromatic heterocycles. The molecule has 0 unspecified atom stereocenters. The highest BCUT2D eigenvalue weighted by Gasteiger charge is 2.40. The fourth-order valence-electron chi connectivity index (χ4n) is 3.18. The summed E-state index contributed by atoms with van der Waals surface area (Å²) >= 11 is 1.75. The van der Waals surface area contributed by atoms with Crippen LogP contribution in [0.5, 0.6) is 0 Å². The van der Waals surface area contributed by atoms with E-state index in [1.165, 1.54) is 9.78 Å². The lowest BCUT2D eigenvalue weighted by atomic mass is 10.1. The number of carbonyl (C=O) groups is 2. The van der Waals surface area contributed by atoms with E-state index in [-0.39, 0.29) is 18.0 Å². The SMILES string of the molecule is CCC[C@@H]1NC(=O)N(CN2CCC[C@@H]2c2cccs2)C1=O. The predicted molar refractivity (Wildman–Crippen MR) is 81.9 cm³/mol. The molecule has 0 spiro atoms. The number of imide groups is 1. The van der Waals surface area contributed by atoms with Crippen LogP contribution in [-0.4, -0.2) is 41.0 Å². The molecule has 0 saturated carbocycles. The Balaban J connectivity index is 1.68. The molecule has 2 fully saturated rings. The Hall–Kier alpha value is -1.40. The average molecular weight is 307 g/mol. The van der Waals surface area contributed by atoms with Gasteiger partial charge in [0.1, 0.15) is 6.04 Å². The summed E-state index contributed by atoms with van der Waals surface area (Å²) in [6.07, 6.45) is 3.83. The lowest BCUT2D eigenvalue weighted by molar-refractivity contribution is -0.129. The zero-order valence-electron chi connectivity index (χ0n) is 12.2. The Morgan fingerprint density at radius 3 is 3.00 bits per heavy atom. The molecule has 0 aliphatic carbocycles. The van der Waals surface area contributed by atoms with Crippen molar-refractivity contribution in [2.45, 2.75) is 44.7 Å². The predicted octanol–water partition coefficient (Wildman–Crippen LogP) is 2.56. The summed E-state index contributed by atoms with van der Waals surface area (Å²) in [5.74, 6) is -0.0707. The summed E-state index contributed by atoms with van der Waals surface area (Å²) in [4.78, 5) is 29.3. The molecule has 2 saturated heterocycles. The second kappa shape index (κ2) is 6.15. The van der Waals surface area contributed by atoms with Crippen LogP contribution in [0.25, 0.3) is 0 Å². The first-order chi connectivity index (χ1) is 10.2. The van der Waals surface area contributed by atoms with Gasteiger partial charge in [-0.05, 0) is 30.7 Å². The van der Waals surface area contributed by atoms with Crippen molar-refractivity contribution in [2.75, 3.05) is 13.2 Å². The van der Waals surface area contributed by atoms with E-state index in [4.69, 9.17) is 0 Å². The fraction of sp³-hybridized carbons (Fsp3) is 0.600. The van der Waals surface area contributed by atoms with E-state index in [1.807, 2.05) is 6.92 Å². The second-order valence-electron chi connectivity index (χ2n) is 5.68. The van der Waals surface area contributed by atoms with Crippen molar-refractivity contribution in [1.82, 2.24) is 15.1 Å². The van der Waals surface area contributed by atoms with Crippen LogP contribution in [0.3, 0.4) is 0 Å². The lowest BCUT2D eigenvalue weighted by Crippen LogP contribution is -2.41. The number of hydrogen-bond donors (Lipinski definition) is 1. The molecule has 2 aliphatic rings. The Kier molecular flexibility index (Phi) is 4.26. The summed E-state index contributed by atoms with van der Waals surface area (Å²) in [5, 5.41) is 4.87. The Morgan fingerprint density at radius 1 is 1.43 bits per heavy atom. The van der Waals surface area contributed by atoms with Gasteiger partial charge in [-0.15, -0.1) is 11.3 Å². The molecule has 1 N–H and O–H groups in total. The summed E-state index contributed by atoms with van der Waals surface area (Å²) in [6, 6.07) is 3.97. The van der Waals surface area contributed by atoms with Gasteiger partial charge in [-0.2, -0.15) is 0 Å². The third-order valence-corrected chi connectivity index (χ3v) is 5.22. The number of nitrogens with one attached hydrogen (secondary N) is 1. The van der Waals surface area contributed by atoms with Crippen molar-refractivity contribution >= 4 is 23.3 Å². The van der Waals surface area contributed by atoms with Crippen molar-refractivity contribution in [1.29, 1.82) is 0 Å². The Morgan fingerprint density at radius 2 is 2.29 bits per heavy atom. The van der Waals surface area contributed by atoms with Gasteiger partial charge in [0, 0.05) is 17.5 Å². The first kappa shape index (κ1) is 14.5. The van der Waals surface area contributed by atoms with Gasteiger partial charge in [-0.3, -0.25) is 9.69 Å². The van der Waals surface area contributed by atoms with Crippen molar-refractivity contribution in [2.24, 2.45) is 0 Å². The summed E-state index contributed by atoms with van der Waals surface area (Å²) in [5.41, 5.74) is 0. The van der Waals surface area contributed by atoms with E-state index in [0.717, 1.165) is 32.2 Å². The number of amides is 3. The molecule has 0 aromatic carbocycles. The Labute approximate surface area is 128 Å². The number of thiophene rings is 1. The minimum absolute atomic E-state index is 0.0707. The van der Waals surface area contributed by atoms with Gasteiger partial charge in [0.15, 0.2) is 0 Å². The summed E-state index contributed by atoms with van der Waals surface area (Å²) in [7, 11) is 0. The van der Waals surface area contributed by atoms with Crippen LogP contribution in [0.4, 0.5) is 4.79 Å². The maximum Gasteiger partial charge on any atom is 0.325 e. The van der Waals surface area contributed by atoms with Gasteiger partial charge in [-0.1, -0.05) is 19.4 Å². The highest BCUT2D eigenvalue weighted by molar-refractivity contribution is 7.10. The monoisotopic (exact) mass is 307 g/mol. The quantitative estimate of drug-likeness (QED) is 0.851. The van der Waals surface area contributed by atoms with Crippen LogP contribution in [-0.2, 0) is 4.79 Å². The molecule has 114 valence electrons. The summed E-state index contributed by atoms with van der Waals surface area (Å²) < 4.78 is 0. The van der Waals surface area contributed by atoms with Crippen LogP contribution in [0.1, 0.15) is 43.5 Å². The van der Waals surface area contributed by atoms with E-state index in [2.05, 4.69) is 27.7 Å². The molecule has 2 atom stereocenters. The zero-order valence-corrected chi connectivity index (χ0v) is 13.1. The number of hydrogen-bond acceptors (Lipinski definition) is 4. The molecular weight excluding hydrogens is 286 g/mol. The third kappa shape index (κ3) is 2.82. The number of urea groups is 1. The molecular formula is C15H21N3O2S. The van der Waals surface area contributed by atoms with Crippen LogP contribution in [0.2, 0.25) is 0 Å². The minimum atomic E-state index is -0.328. The van der Waals surface area contributed by atoms with Crippen molar-refractivity contribution in [3.63, 3.8) is 0 Å². The molecule has 3 rings (SSSR count). The van der Waals surface area contributed by atoms with Gasteiger partial charge >= 0.3 is 6.03 Å². The maximum absolute atomic E-state index is 12.3. The van der Waals surface area contributed by atoms with Gasteiger partial charge in [0.05, 0.1) is 6.67 Å². The van der Waals surface area contributed by atoms with Crippen LogP contribution in [0, 0.1) is 0 Å². The number of rotatable bonds is 5. The largest absolute Gasteiger partial charge is 0.326 e. The highest BCUT2D eigenvalue weighted by atomic mass is 32.1. The minimum Gasteiger partial charge on any atom is -0.326 e. The van der Waals surface area contributed by atoms with Crippen LogP contribution < -0.4 is 5.32 Å². The fourth-order valence-corrected chi connectivity index (χ4v) is 4.07. The smallest absolute Gasteiger partial charge is 0.325 e. The molecule has 3 heterocycles. The molecule has 6 heteroatoms. The van der Waals surface area contributed by atoms with Crippen molar-refractivity contribution in [3.05, 3.63) is 22.4 Å². The van der Waals surface area contributed by atoms with Crippen molar-refractivity contribution in [3.8, 4) is 0 Å². The molecule has 5 nitrogen and oxygen atoms in total. The Bertz CT molecular complexity index is 517. The van der Waals surface area contributed by atoms with E-state index in [0.29, 0.717) is 12.7 Å². The number of nitrogens with zero attached hydrogens (tertiary/aromatic N) is 2. The molecule has 2 aliphatic heterocycles. The van der Waals surface area contributed by atoms with E-state index < -0.39 is 0 Å². The average Bonchev–Trinajstić information content (AvgIpc) is 3.17. The van der Waals surface area contributed by atoms with E-state index >= 15 is 0 Å². The highest BCUT2D eigenvalue weighted by Crippen LogP contribution is 2.34. The van der Waals surface area contributed by atoms with Crippen LogP contribution in [0.15, 0.2) is 17.5 Å². The van der Waals surface area contributed by atoms with Gasteiger partial charge < -0.3 is 5.32 Å². The standard InChI is InChI=1S/C15H21N3O2S/c1-2-5-11-14(19)18(15(20)16-11)10-17-8-3-6-12(17)13-7-4-9-21-13/h4,7,9,11-12H,2-3,5-6,8,10H2,1H3,(H,16,20)/t11-,12+/m0/s1. The molecule has 3 amide bonds. The number of likely N-dealkylation sites (tertiary alicyclic amines) is 1. The lowest BCUT2D eigenvalue weighted by Gasteiger charge is -2.27. The summed E-state index contributed by atoms with van der Waals surface area (Å²) in [6.45, 7) is 3.38. The topological polar surface area (TPSA) is 52.7 Å². The second-order valence-corrected chi connectivity index (χ2v) is 6.66.